The number of hydrogen-bond acceptors (Lipinski definition) is 3. The molecule has 0 aromatic heterocycles. The first-order valence-electron chi connectivity index (χ1n) is 8.86. The number of carbonyl (C=O) groups excluding carboxylic acids is 2. The van der Waals surface area contributed by atoms with E-state index >= 15 is 0 Å². The van der Waals surface area contributed by atoms with E-state index in [-0.39, 0.29) is 18.3 Å². The van der Waals surface area contributed by atoms with Crippen molar-refractivity contribution in [1.82, 2.24) is 0 Å². The molecule has 0 radical (unpaired) electrons. The summed E-state index contributed by atoms with van der Waals surface area (Å²) in [5, 5.41) is 0. The van der Waals surface area contributed by atoms with Gasteiger partial charge in [0.1, 0.15) is 6.61 Å². The molecule has 1 aliphatic carbocycles. The van der Waals surface area contributed by atoms with Crippen molar-refractivity contribution in [2.45, 2.75) is 12.3 Å². The second kappa shape index (κ2) is 7.08. The van der Waals surface area contributed by atoms with Gasteiger partial charge in [-0.15, -0.1) is 0 Å². The molecular weight excluding hydrogens is 338 g/mol. The van der Waals surface area contributed by atoms with Crippen LogP contribution in [0.4, 0.5) is 0 Å². The highest BCUT2D eigenvalue weighted by Crippen LogP contribution is 2.44. The lowest BCUT2D eigenvalue weighted by molar-refractivity contribution is -0.143. The molecule has 4 heteroatoms. The van der Waals surface area contributed by atoms with Crippen LogP contribution in [0.1, 0.15) is 33.0 Å². The number of carbonyl (C=O) groups is 2. The number of benzene rings is 3. The molecule has 0 unspecified atom stereocenters. The second-order valence-electron chi connectivity index (χ2n) is 6.65. The quantitative estimate of drug-likeness (QED) is 0.708. The van der Waals surface area contributed by atoms with Crippen molar-refractivity contribution in [3.05, 3.63) is 95.1 Å². The average Bonchev–Trinajstić information content (AvgIpc) is 3.00. The molecule has 4 nitrogen and oxygen atoms in total. The molecule has 0 atom stereocenters. The van der Waals surface area contributed by atoms with Crippen LogP contribution >= 0.6 is 0 Å². The fraction of sp³-hybridized carbons (Fsp3) is 0.130. The van der Waals surface area contributed by atoms with Crippen molar-refractivity contribution in [2.24, 2.45) is 5.73 Å². The highest BCUT2D eigenvalue weighted by Gasteiger charge is 2.28. The summed E-state index contributed by atoms with van der Waals surface area (Å²) < 4.78 is 5.59. The van der Waals surface area contributed by atoms with Gasteiger partial charge >= 0.3 is 5.97 Å². The van der Waals surface area contributed by atoms with Gasteiger partial charge in [-0.3, -0.25) is 9.59 Å². The maximum atomic E-state index is 12.3. The smallest absolute Gasteiger partial charge is 0.310 e. The maximum Gasteiger partial charge on any atom is 0.310 e. The van der Waals surface area contributed by atoms with Gasteiger partial charge in [0.15, 0.2) is 0 Å². The van der Waals surface area contributed by atoms with Crippen LogP contribution in [-0.2, 0) is 16.0 Å². The zero-order valence-electron chi connectivity index (χ0n) is 14.7. The minimum Gasteiger partial charge on any atom is -0.464 e. The van der Waals surface area contributed by atoms with Crippen LogP contribution < -0.4 is 5.73 Å². The van der Waals surface area contributed by atoms with Gasteiger partial charge in [0, 0.05) is 11.5 Å². The van der Waals surface area contributed by atoms with Crippen LogP contribution in [0.3, 0.4) is 0 Å². The van der Waals surface area contributed by atoms with Crippen LogP contribution in [0, 0.1) is 0 Å². The number of ether oxygens (including phenoxy) is 1. The molecule has 1 amide bonds. The second-order valence-corrected chi connectivity index (χ2v) is 6.65. The summed E-state index contributed by atoms with van der Waals surface area (Å²) in [7, 11) is 0. The van der Waals surface area contributed by atoms with Crippen molar-refractivity contribution in [2.75, 3.05) is 6.61 Å². The summed E-state index contributed by atoms with van der Waals surface area (Å²) in [6, 6.07) is 23.2. The molecule has 0 saturated heterocycles. The van der Waals surface area contributed by atoms with E-state index in [9.17, 15) is 9.59 Å². The van der Waals surface area contributed by atoms with E-state index in [0.717, 1.165) is 0 Å². The van der Waals surface area contributed by atoms with Crippen molar-refractivity contribution in [3.63, 3.8) is 0 Å². The first kappa shape index (κ1) is 17.0. The van der Waals surface area contributed by atoms with Crippen molar-refractivity contribution in [1.29, 1.82) is 0 Å². The lowest BCUT2D eigenvalue weighted by Gasteiger charge is -2.14. The fourth-order valence-corrected chi connectivity index (χ4v) is 3.67. The molecule has 2 N–H and O–H groups in total. The molecule has 0 saturated carbocycles. The Bertz CT molecular complexity index is 980. The molecule has 4 rings (SSSR count). The molecule has 134 valence electrons. The summed E-state index contributed by atoms with van der Waals surface area (Å²) in [5.74, 6) is -0.791. The number of primary amides is 1. The van der Waals surface area contributed by atoms with Crippen LogP contribution in [0.5, 0.6) is 0 Å². The topological polar surface area (TPSA) is 69.4 Å². The highest BCUT2D eigenvalue weighted by molar-refractivity contribution is 5.93. The Balaban J connectivity index is 1.48. The number of nitrogens with two attached hydrogens (primary N) is 1. The Labute approximate surface area is 157 Å². The SMILES string of the molecule is NC(=O)c1cccc(CC(=O)OCC2c3ccccc3-c3ccccc32)c1. The van der Waals surface area contributed by atoms with Gasteiger partial charge < -0.3 is 10.5 Å². The molecule has 0 aliphatic heterocycles. The van der Waals surface area contributed by atoms with Gasteiger partial charge in [-0.2, -0.15) is 0 Å². The number of hydrogen-bond donors (Lipinski definition) is 1. The summed E-state index contributed by atoms with van der Waals surface area (Å²) >= 11 is 0. The minimum atomic E-state index is -0.510. The van der Waals surface area contributed by atoms with E-state index < -0.39 is 5.91 Å². The van der Waals surface area contributed by atoms with Gasteiger partial charge in [-0.1, -0.05) is 60.7 Å². The summed E-state index contributed by atoms with van der Waals surface area (Å²) in [6.45, 7) is 0.294. The van der Waals surface area contributed by atoms with E-state index in [1.165, 1.54) is 22.3 Å². The van der Waals surface area contributed by atoms with E-state index in [1.807, 2.05) is 24.3 Å². The summed E-state index contributed by atoms with van der Waals surface area (Å²) in [5.41, 5.74) is 11.1. The lowest BCUT2D eigenvalue weighted by atomic mass is 9.98. The van der Waals surface area contributed by atoms with E-state index in [0.29, 0.717) is 17.7 Å². The van der Waals surface area contributed by atoms with Gasteiger partial charge in [-0.25, -0.2) is 0 Å². The van der Waals surface area contributed by atoms with Crippen molar-refractivity contribution >= 4 is 11.9 Å². The normalized spacial score (nSPS) is 12.3. The minimum absolute atomic E-state index is 0.0401. The van der Waals surface area contributed by atoms with Crippen molar-refractivity contribution in [3.8, 4) is 11.1 Å². The third kappa shape index (κ3) is 3.34. The molecule has 0 heterocycles. The first-order valence-corrected chi connectivity index (χ1v) is 8.86. The summed E-state index contributed by atoms with van der Waals surface area (Å²) in [4.78, 5) is 23.6. The molecule has 3 aromatic carbocycles. The first-order chi connectivity index (χ1) is 13.1. The third-order valence-corrected chi connectivity index (χ3v) is 4.93. The molecule has 0 spiro atoms. The van der Waals surface area contributed by atoms with E-state index in [2.05, 4.69) is 24.3 Å². The fourth-order valence-electron chi connectivity index (χ4n) is 3.67. The summed E-state index contributed by atoms with van der Waals surface area (Å²) in [6.07, 6.45) is 0.108. The van der Waals surface area contributed by atoms with Crippen molar-refractivity contribution < 1.29 is 14.3 Å². The third-order valence-electron chi connectivity index (χ3n) is 4.93. The molecule has 3 aromatic rings. The molecule has 0 fully saturated rings. The van der Waals surface area contributed by atoms with Crippen LogP contribution in [0.2, 0.25) is 0 Å². The predicted octanol–water partition coefficient (Wildman–Crippen LogP) is 3.68. The Hall–Kier alpha value is -3.40. The van der Waals surface area contributed by atoms with Crippen LogP contribution in [0.25, 0.3) is 11.1 Å². The maximum absolute atomic E-state index is 12.3. The average molecular weight is 357 g/mol. The van der Waals surface area contributed by atoms with Gasteiger partial charge in [0.25, 0.3) is 0 Å². The van der Waals surface area contributed by atoms with Gasteiger partial charge in [0.2, 0.25) is 5.91 Å². The Morgan fingerprint density at radius 2 is 1.48 bits per heavy atom. The Morgan fingerprint density at radius 3 is 2.11 bits per heavy atom. The lowest BCUT2D eigenvalue weighted by Crippen LogP contribution is -2.15. The Morgan fingerprint density at radius 1 is 0.852 bits per heavy atom. The predicted molar refractivity (Wildman–Crippen MR) is 103 cm³/mol. The number of amides is 1. The van der Waals surface area contributed by atoms with E-state index in [1.54, 1.807) is 24.3 Å². The number of fused-ring (bicyclic) bond motifs is 3. The molecule has 1 aliphatic rings. The van der Waals surface area contributed by atoms with Crippen LogP contribution in [-0.4, -0.2) is 18.5 Å². The standard InChI is InChI=1S/C23H19NO3/c24-23(26)16-7-5-6-15(12-16)13-22(25)27-14-21-19-10-3-1-8-17(19)18-9-2-4-11-20(18)21/h1-12,21H,13-14H2,(H2,24,26). The van der Waals surface area contributed by atoms with Crippen LogP contribution in [0.15, 0.2) is 72.8 Å². The largest absolute Gasteiger partial charge is 0.464 e. The highest BCUT2D eigenvalue weighted by atomic mass is 16.5. The molecular formula is C23H19NO3. The zero-order chi connectivity index (χ0) is 18.8. The van der Waals surface area contributed by atoms with Gasteiger partial charge in [-0.05, 0) is 39.9 Å². The van der Waals surface area contributed by atoms with E-state index in [4.69, 9.17) is 10.5 Å². The number of rotatable bonds is 5. The van der Waals surface area contributed by atoms with Gasteiger partial charge in [0.05, 0.1) is 6.42 Å². The molecule has 0 bridgehead atoms. The monoisotopic (exact) mass is 357 g/mol. The molecule has 27 heavy (non-hydrogen) atoms. The number of esters is 1. The zero-order valence-corrected chi connectivity index (χ0v) is 14.7. The Kier molecular flexibility index (Phi) is 4.47.